The lowest BCUT2D eigenvalue weighted by Gasteiger charge is -2.02. The predicted molar refractivity (Wildman–Crippen MR) is 41.3 cm³/mol. The van der Waals surface area contributed by atoms with Crippen molar-refractivity contribution in [2.24, 2.45) is 5.16 Å². The quantitative estimate of drug-likeness (QED) is 0.606. The lowest BCUT2D eigenvalue weighted by atomic mass is 10.2. The molecule has 0 unspecified atom stereocenters. The second-order valence-electron chi connectivity index (χ2n) is 2.13. The zero-order valence-electron chi connectivity index (χ0n) is 5.36. The minimum atomic E-state index is 0.194. The van der Waals surface area contributed by atoms with E-state index in [1.165, 1.54) is 4.88 Å². The van der Waals surface area contributed by atoms with Crippen molar-refractivity contribution in [2.75, 3.05) is 0 Å². The Balaban J connectivity index is 2.14. The highest BCUT2D eigenvalue weighted by Crippen LogP contribution is 2.27. The van der Waals surface area contributed by atoms with Crippen molar-refractivity contribution in [1.82, 2.24) is 0 Å². The molecule has 0 radical (unpaired) electrons. The Labute approximate surface area is 63.1 Å². The maximum atomic E-state index is 5.08. The fourth-order valence-electron chi connectivity index (χ4n) is 0.941. The third-order valence-corrected chi connectivity index (χ3v) is 2.41. The van der Waals surface area contributed by atoms with Gasteiger partial charge in [0.25, 0.3) is 0 Å². The summed E-state index contributed by atoms with van der Waals surface area (Å²) < 4.78 is 0. The monoisotopic (exact) mass is 153 g/mol. The number of rotatable bonds is 1. The maximum absolute atomic E-state index is 5.08. The van der Waals surface area contributed by atoms with E-state index in [2.05, 4.69) is 16.6 Å². The van der Waals surface area contributed by atoms with Gasteiger partial charge in [-0.05, 0) is 11.4 Å². The summed E-state index contributed by atoms with van der Waals surface area (Å²) in [5, 5.41) is 5.76. The Kier molecular flexibility index (Phi) is 1.43. The first-order valence-corrected chi connectivity index (χ1v) is 4.06. The van der Waals surface area contributed by atoms with E-state index >= 15 is 0 Å². The van der Waals surface area contributed by atoms with Crippen LogP contribution in [-0.2, 0) is 4.84 Å². The Morgan fingerprint density at radius 2 is 2.70 bits per heavy atom. The number of nitrogens with zero attached hydrogens (tertiary/aromatic N) is 1. The van der Waals surface area contributed by atoms with Crippen LogP contribution in [0.3, 0.4) is 0 Å². The van der Waals surface area contributed by atoms with Crippen LogP contribution in [0.2, 0.25) is 0 Å². The molecule has 1 aliphatic heterocycles. The highest BCUT2D eigenvalue weighted by molar-refractivity contribution is 7.10. The largest absolute Gasteiger partial charge is 0.387 e. The first-order chi connectivity index (χ1) is 4.97. The van der Waals surface area contributed by atoms with Crippen LogP contribution in [0.25, 0.3) is 0 Å². The average Bonchev–Trinajstić information content (AvgIpc) is 2.59. The molecule has 0 spiro atoms. The van der Waals surface area contributed by atoms with E-state index in [1.807, 2.05) is 12.3 Å². The van der Waals surface area contributed by atoms with E-state index in [4.69, 9.17) is 4.84 Å². The van der Waals surface area contributed by atoms with Crippen LogP contribution >= 0.6 is 11.3 Å². The average molecular weight is 153 g/mol. The van der Waals surface area contributed by atoms with E-state index < -0.39 is 0 Å². The molecule has 2 heterocycles. The van der Waals surface area contributed by atoms with Crippen molar-refractivity contribution in [3.8, 4) is 0 Å². The van der Waals surface area contributed by atoms with Crippen LogP contribution in [0, 0.1) is 0 Å². The molecule has 2 rings (SSSR count). The maximum Gasteiger partial charge on any atom is 0.166 e. The number of hydrogen-bond donors (Lipinski definition) is 0. The summed E-state index contributed by atoms with van der Waals surface area (Å²) in [6, 6.07) is 4.10. The molecule has 0 saturated carbocycles. The Morgan fingerprint density at radius 1 is 1.70 bits per heavy atom. The van der Waals surface area contributed by atoms with Crippen LogP contribution in [0.4, 0.5) is 0 Å². The Morgan fingerprint density at radius 3 is 3.30 bits per heavy atom. The van der Waals surface area contributed by atoms with Gasteiger partial charge in [-0.25, -0.2) is 0 Å². The van der Waals surface area contributed by atoms with Crippen molar-refractivity contribution in [3.63, 3.8) is 0 Å². The Hall–Kier alpha value is -0.830. The second-order valence-corrected chi connectivity index (χ2v) is 3.11. The predicted octanol–water partition coefficient (Wildman–Crippen LogP) is 2.20. The standard InChI is InChI=1S/C7H7NOS/c1-2-7(10-5-1)6-3-4-8-9-6/h1-2,4-6H,3H2/t6-/m0/s1. The highest BCUT2D eigenvalue weighted by atomic mass is 32.1. The molecule has 1 aliphatic rings. The van der Waals surface area contributed by atoms with Crippen LogP contribution < -0.4 is 0 Å². The number of oxime groups is 1. The molecule has 2 nitrogen and oxygen atoms in total. The molecule has 1 aromatic heterocycles. The van der Waals surface area contributed by atoms with Gasteiger partial charge in [-0.15, -0.1) is 11.3 Å². The van der Waals surface area contributed by atoms with Crippen molar-refractivity contribution in [3.05, 3.63) is 22.4 Å². The third-order valence-electron chi connectivity index (χ3n) is 1.44. The van der Waals surface area contributed by atoms with E-state index in [0.29, 0.717) is 0 Å². The number of hydrogen-bond acceptors (Lipinski definition) is 3. The lowest BCUT2D eigenvalue weighted by molar-refractivity contribution is 0.0884. The van der Waals surface area contributed by atoms with Crippen molar-refractivity contribution >= 4 is 17.6 Å². The second kappa shape index (κ2) is 2.42. The highest BCUT2D eigenvalue weighted by Gasteiger charge is 2.15. The summed E-state index contributed by atoms with van der Waals surface area (Å²) in [6.45, 7) is 0. The van der Waals surface area contributed by atoms with Crippen LogP contribution in [-0.4, -0.2) is 6.21 Å². The van der Waals surface area contributed by atoms with Crippen molar-refractivity contribution in [2.45, 2.75) is 12.5 Å². The van der Waals surface area contributed by atoms with Gasteiger partial charge in [0, 0.05) is 17.5 Å². The summed E-state index contributed by atoms with van der Waals surface area (Å²) in [4.78, 5) is 6.34. The smallest absolute Gasteiger partial charge is 0.166 e. The van der Waals surface area contributed by atoms with Gasteiger partial charge in [-0.3, -0.25) is 0 Å². The minimum absolute atomic E-state index is 0.194. The molecule has 0 fully saturated rings. The lowest BCUT2D eigenvalue weighted by Crippen LogP contribution is -1.90. The zero-order valence-corrected chi connectivity index (χ0v) is 6.17. The van der Waals surface area contributed by atoms with Crippen LogP contribution in [0.1, 0.15) is 17.4 Å². The molecule has 0 saturated heterocycles. The van der Waals surface area contributed by atoms with Gasteiger partial charge in [0.1, 0.15) is 0 Å². The van der Waals surface area contributed by atoms with E-state index in [9.17, 15) is 0 Å². The van der Waals surface area contributed by atoms with Crippen LogP contribution in [0.5, 0.6) is 0 Å². The molecule has 1 aromatic rings. The van der Waals surface area contributed by atoms with Gasteiger partial charge in [-0.1, -0.05) is 11.2 Å². The van der Waals surface area contributed by atoms with Crippen molar-refractivity contribution < 1.29 is 4.84 Å². The van der Waals surface area contributed by atoms with Gasteiger partial charge in [0.15, 0.2) is 6.10 Å². The first kappa shape index (κ1) is 5.92. The van der Waals surface area contributed by atoms with Crippen LogP contribution in [0.15, 0.2) is 22.7 Å². The zero-order chi connectivity index (χ0) is 6.81. The van der Waals surface area contributed by atoms with Gasteiger partial charge in [0.05, 0.1) is 0 Å². The molecular formula is C7H7NOS. The summed E-state index contributed by atoms with van der Waals surface area (Å²) in [5.74, 6) is 0. The van der Waals surface area contributed by atoms with Crippen molar-refractivity contribution in [1.29, 1.82) is 0 Å². The van der Waals surface area contributed by atoms with Gasteiger partial charge < -0.3 is 4.84 Å². The molecule has 10 heavy (non-hydrogen) atoms. The molecule has 0 aromatic carbocycles. The molecule has 0 aliphatic carbocycles. The summed E-state index contributed by atoms with van der Waals surface area (Å²) in [7, 11) is 0. The molecule has 3 heteroatoms. The fraction of sp³-hybridized carbons (Fsp3) is 0.286. The van der Waals surface area contributed by atoms with Gasteiger partial charge in [-0.2, -0.15) is 0 Å². The minimum Gasteiger partial charge on any atom is -0.387 e. The van der Waals surface area contributed by atoms with Gasteiger partial charge in [0.2, 0.25) is 0 Å². The normalized spacial score (nSPS) is 23.0. The molecular weight excluding hydrogens is 146 g/mol. The van der Waals surface area contributed by atoms with Gasteiger partial charge >= 0.3 is 0 Å². The van der Waals surface area contributed by atoms with E-state index in [0.717, 1.165) is 6.42 Å². The Bertz CT molecular complexity index is 222. The summed E-state index contributed by atoms with van der Waals surface area (Å²) in [6.07, 6.45) is 2.92. The third kappa shape index (κ3) is 0.926. The molecule has 0 N–H and O–H groups in total. The first-order valence-electron chi connectivity index (χ1n) is 3.18. The molecule has 0 bridgehead atoms. The molecule has 52 valence electrons. The topological polar surface area (TPSA) is 21.6 Å². The SMILES string of the molecule is C1=NO[C@H](c2cccs2)C1. The van der Waals surface area contributed by atoms with E-state index in [-0.39, 0.29) is 6.10 Å². The summed E-state index contributed by atoms with van der Waals surface area (Å²) in [5.41, 5.74) is 0. The number of thiophene rings is 1. The molecule has 0 amide bonds. The molecule has 1 atom stereocenters. The fourth-order valence-corrected chi connectivity index (χ4v) is 1.70. The van der Waals surface area contributed by atoms with E-state index in [1.54, 1.807) is 11.3 Å². The summed E-state index contributed by atoms with van der Waals surface area (Å²) >= 11 is 1.72.